The Balaban J connectivity index is 1.37. The molecule has 1 amide bonds. The number of carbonyl (C=O) groups excluding carboxylic acids is 1. The van der Waals surface area contributed by atoms with Crippen LogP contribution in [0.4, 0.5) is 0 Å². The molecule has 0 bridgehead atoms. The van der Waals surface area contributed by atoms with Crippen LogP contribution in [0.15, 0.2) is 53.3 Å². The lowest BCUT2D eigenvalue weighted by molar-refractivity contribution is 0.0951. The van der Waals surface area contributed by atoms with Gasteiger partial charge in [-0.05, 0) is 62.2 Å². The topological polar surface area (TPSA) is 78.5 Å². The van der Waals surface area contributed by atoms with E-state index in [2.05, 4.69) is 24.1 Å². The minimum absolute atomic E-state index is 0.229. The first kappa shape index (κ1) is 33.8. The minimum Gasteiger partial charge on any atom is -0.347 e. The number of amides is 1. The summed E-state index contributed by atoms with van der Waals surface area (Å²) in [4.78, 5) is 15.2. The van der Waals surface area contributed by atoms with E-state index in [1.165, 1.54) is 75.5 Å². The number of rotatable bonds is 19. The predicted octanol–water partition coefficient (Wildman–Crippen LogP) is 7.59. The van der Waals surface area contributed by atoms with Crippen molar-refractivity contribution in [3.63, 3.8) is 0 Å². The Morgan fingerprint density at radius 2 is 1.61 bits per heavy atom. The first-order chi connectivity index (χ1) is 19.8. The molecule has 1 aliphatic rings. The molecule has 1 saturated heterocycles. The first-order valence-corrected chi connectivity index (χ1v) is 18.1. The molecule has 1 aromatic carbocycles. The minimum atomic E-state index is -3.60. The van der Waals surface area contributed by atoms with Gasteiger partial charge in [0.05, 0.1) is 6.54 Å². The maximum atomic E-state index is 13.5. The SMILES string of the molecule is C=CC(N1CCC(NCCCCCCCCCCCC)CC1)S(=O)(=O)c1ccc(CNC(=O)c2ccc(Cl)cc2)s1. The molecule has 1 fully saturated rings. The van der Waals surface area contributed by atoms with Crippen LogP contribution in [0.2, 0.25) is 5.02 Å². The predicted molar refractivity (Wildman–Crippen MR) is 173 cm³/mol. The summed E-state index contributed by atoms with van der Waals surface area (Å²) in [7, 11) is -3.60. The highest BCUT2D eigenvalue weighted by Gasteiger charge is 2.34. The van der Waals surface area contributed by atoms with Crippen molar-refractivity contribution in [2.75, 3.05) is 19.6 Å². The molecule has 0 aliphatic carbocycles. The number of sulfone groups is 1. The van der Waals surface area contributed by atoms with E-state index in [0.29, 0.717) is 20.8 Å². The number of hydrogen-bond donors (Lipinski definition) is 2. The van der Waals surface area contributed by atoms with Gasteiger partial charge in [-0.3, -0.25) is 9.69 Å². The van der Waals surface area contributed by atoms with Gasteiger partial charge in [-0.2, -0.15) is 0 Å². The molecule has 2 heterocycles. The number of likely N-dealkylation sites (tertiary alicyclic amines) is 1. The molecule has 1 aromatic heterocycles. The maximum absolute atomic E-state index is 13.5. The van der Waals surface area contributed by atoms with Gasteiger partial charge in [0.1, 0.15) is 9.58 Å². The molecular weight excluding hydrogens is 574 g/mol. The summed E-state index contributed by atoms with van der Waals surface area (Å²) < 4.78 is 27.3. The molecule has 0 saturated carbocycles. The Morgan fingerprint density at radius 1 is 1.00 bits per heavy atom. The number of carbonyl (C=O) groups is 1. The van der Waals surface area contributed by atoms with Gasteiger partial charge in [0.15, 0.2) is 0 Å². The zero-order valence-electron chi connectivity index (χ0n) is 24.6. The summed E-state index contributed by atoms with van der Waals surface area (Å²) >= 11 is 7.09. The fourth-order valence-electron chi connectivity index (χ4n) is 5.34. The van der Waals surface area contributed by atoms with E-state index in [9.17, 15) is 13.2 Å². The summed E-state index contributed by atoms with van der Waals surface area (Å²) in [6.07, 6.45) is 16.8. The van der Waals surface area contributed by atoms with E-state index in [-0.39, 0.29) is 12.5 Å². The summed E-state index contributed by atoms with van der Waals surface area (Å²) in [6.45, 7) is 8.87. The lowest BCUT2D eigenvalue weighted by atomic mass is 10.0. The highest BCUT2D eigenvalue weighted by molar-refractivity contribution is 7.94. The number of thiophene rings is 1. The summed E-state index contributed by atoms with van der Waals surface area (Å²) in [5.41, 5.74) is 0.506. The quantitative estimate of drug-likeness (QED) is 0.125. The Kier molecular flexibility index (Phi) is 14.9. The zero-order chi connectivity index (χ0) is 29.5. The van der Waals surface area contributed by atoms with Crippen LogP contribution in [-0.2, 0) is 16.4 Å². The number of nitrogens with one attached hydrogen (secondary N) is 2. The van der Waals surface area contributed by atoms with Crippen LogP contribution in [0.3, 0.4) is 0 Å². The number of piperidine rings is 1. The van der Waals surface area contributed by atoms with E-state index >= 15 is 0 Å². The van der Waals surface area contributed by atoms with E-state index in [0.717, 1.165) is 37.4 Å². The lowest BCUT2D eigenvalue weighted by Crippen LogP contribution is -2.48. The van der Waals surface area contributed by atoms with Crippen LogP contribution < -0.4 is 10.6 Å². The number of benzene rings is 1. The highest BCUT2D eigenvalue weighted by atomic mass is 35.5. The molecule has 3 rings (SSSR count). The Morgan fingerprint density at radius 3 is 2.22 bits per heavy atom. The highest BCUT2D eigenvalue weighted by Crippen LogP contribution is 2.29. The fraction of sp³-hybridized carbons (Fsp3) is 0.594. The van der Waals surface area contributed by atoms with Crippen molar-refractivity contribution in [1.82, 2.24) is 15.5 Å². The van der Waals surface area contributed by atoms with Crippen molar-refractivity contribution in [2.24, 2.45) is 0 Å². The third-order valence-electron chi connectivity index (χ3n) is 7.82. The number of hydrogen-bond acceptors (Lipinski definition) is 6. The number of halogens is 1. The molecular formula is C32H48ClN3O3S2. The molecule has 1 unspecified atom stereocenters. The maximum Gasteiger partial charge on any atom is 0.251 e. The molecule has 41 heavy (non-hydrogen) atoms. The summed E-state index contributed by atoms with van der Waals surface area (Å²) in [6, 6.07) is 10.5. The second-order valence-corrected chi connectivity index (χ2v) is 14.9. The third-order valence-corrected chi connectivity index (χ3v) is 11.7. The van der Waals surface area contributed by atoms with E-state index in [1.54, 1.807) is 42.5 Å². The molecule has 228 valence electrons. The van der Waals surface area contributed by atoms with Crippen molar-refractivity contribution in [3.05, 3.63) is 64.5 Å². The molecule has 9 heteroatoms. The fourth-order valence-corrected chi connectivity index (χ4v) is 8.58. The summed E-state index contributed by atoms with van der Waals surface area (Å²) in [5, 5.41) is 6.36. The lowest BCUT2D eigenvalue weighted by Gasteiger charge is -2.36. The van der Waals surface area contributed by atoms with Crippen molar-refractivity contribution in [3.8, 4) is 0 Å². The Labute approximate surface area is 256 Å². The van der Waals surface area contributed by atoms with Crippen molar-refractivity contribution in [2.45, 2.75) is 106 Å². The average Bonchev–Trinajstić information content (AvgIpc) is 3.46. The van der Waals surface area contributed by atoms with Crippen molar-refractivity contribution in [1.29, 1.82) is 0 Å². The van der Waals surface area contributed by atoms with Gasteiger partial charge in [-0.25, -0.2) is 8.42 Å². The normalized spacial score (nSPS) is 15.6. The monoisotopic (exact) mass is 621 g/mol. The van der Waals surface area contributed by atoms with Gasteiger partial charge in [0, 0.05) is 34.6 Å². The third kappa shape index (κ3) is 11.1. The first-order valence-electron chi connectivity index (χ1n) is 15.3. The van der Waals surface area contributed by atoms with Crippen LogP contribution in [0, 0.1) is 0 Å². The molecule has 2 N–H and O–H groups in total. The Hall–Kier alpha value is -1.71. The van der Waals surface area contributed by atoms with Crippen LogP contribution in [0.1, 0.15) is 99.2 Å². The molecule has 1 aliphatic heterocycles. The smallest absolute Gasteiger partial charge is 0.251 e. The van der Waals surface area contributed by atoms with Crippen LogP contribution in [-0.4, -0.2) is 50.3 Å². The molecule has 0 spiro atoms. The van der Waals surface area contributed by atoms with Gasteiger partial charge >= 0.3 is 0 Å². The zero-order valence-corrected chi connectivity index (χ0v) is 27.0. The van der Waals surface area contributed by atoms with Gasteiger partial charge < -0.3 is 10.6 Å². The van der Waals surface area contributed by atoms with Crippen LogP contribution in [0.25, 0.3) is 0 Å². The molecule has 1 atom stereocenters. The molecule has 6 nitrogen and oxygen atoms in total. The second kappa shape index (κ2) is 18.1. The summed E-state index contributed by atoms with van der Waals surface area (Å²) in [5.74, 6) is -0.229. The second-order valence-electron chi connectivity index (χ2n) is 11.0. The average molecular weight is 622 g/mol. The van der Waals surface area contributed by atoms with E-state index in [1.807, 2.05) is 4.90 Å². The van der Waals surface area contributed by atoms with Gasteiger partial charge in [-0.1, -0.05) is 82.4 Å². The Bertz CT molecular complexity index is 1160. The van der Waals surface area contributed by atoms with Crippen molar-refractivity contribution >= 4 is 38.7 Å². The number of unbranched alkanes of at least 4 members (excludes halogenated alkanes) is 9. The standard InChI is InChI=1S/C32H48ClN3O3S2/c1-3-5-6-7-8-9-10-11-12-13-22-34-28-20-23-36(24-21-28)30(4-2)41(38,39)31-19-18-29(40-31)25-35-32(37)26-14-16-27(33)17-15-26/h4,14-19,28,30,34H,2-3,5-13,20-25H2,1H3,(H,35,37). The molecule has 0 radical (unpaired) electrons. The van der Waals surface area contributed by atoms with E-state index in [4.69, 9.17) is 11.6 Å². The van der Waals surface area contributed by atoms with Gasteiger partial charge in [0.2, 0.25) is 9.84 Å². The van der Waals surface area contributed by atoms with Gasteiger partial charge in [0.25, 0.3) is 5.91 Å². The van der Waals surface area contributed by atoms with Crippen LogP contribution >= 0.6 is 22.9 Å². The largest absolute Gasteiger partial charge is 0.347 e. The van der Waals surface area contributed by atoms with E-state index < -0.39 is 15.2 Å². The number of nitrogens with zero attached hydrogens (tertiary/aromatic N) is 1. The molecule has 2 aromatic rings. The van der Waals surface area contributed by atoms with Crippen molar-refractivity contribution < 1.29 is 13.2 Å². The van der Waals surface area contributed by atoms with Crippen LogP contribution in [0.5, 0.6) is 0 Å². The van der Waals surface area contributed by atoms with Gasteiger partial charge in [-0.15, -0.1) is 17.9 Å².